The molecule has 0 rings (SSSR count). The summed E-state index contributed by atoms with van der Waals surface area (Å²) >= 11 is 1.17. The quantitative estimate of drug-likeness (QED) is 0.434. The number of rotatable bonds is 1. The molecule has 0 atom stereocenters. The van der Waals surface area contributed by atoms with Crippen LogP contribution in [0, 0.1) is 34.8 Å². The fourth-order valence-corrected chi connectivity index (χ4v) is 0.804. The molecule has 0 saturated carbocycles. The van der Waals surface area contributed by atoms with Gasteiger partial charge in [0.05, 0.1) is 4.91 Å². The fraction of sp³-hybridized carbons (Fsp3) is 0.222. The second-order valence-corrected chi connectivity index (χ2v) is 2.73. The maximum absolute atomic E-state index is 8.55. The Hall–Kier alpha value is -1.30. The van der Waals surface area contributed by atoms with Gasteiger partial charge < -0.3 is 0 Å². The van der Waals surface area contributed by atoms with E-state index < -0.39 is 0 Å². The Kier molecular flexibility index (Phi) is 4.83. The van der Waals surface area contributed by atoms with Gasteiger partial charge in [-0.25, -0.2) is 0 Å². The van der Waals surface area contributed by atoms with Crippen LogP contribution >= 0.6 is 11.8 Å². The van der Waals surface area contributed by atoms with Crippen LogP contribution < -0.4 is 0 Å². The molecule has 0 spiro atoms. The van der Waals surface area contributed by atoms with E-state index >= 15 is 0 Å². The fourth-order valence-electron chi connectivity index (χ4n) is 0.343. The molecule has 0 aromatic heterocycles. The van der Waals surface area contributed by atoms with Gasteiger partial charge in [-0.2, -0.15) is 5.26 Å². The second-order valence-electron chi connectivity index (χ2n) is 1.91. The lowest BCUT2D eigenvalue weighted by Gasteiger charge is -1.90. The van der Waals surface area contributed by atoms with Crippen LogP contribution in [0.2, 0.25) is 0 Å². The molecule has 0 bridgehead atoms. The molecule has 0 saturated heterocycles. The van der Waals surface area contributed by atoms with E-state index in [2.05, 4.69) is 17.1 Å². The van der Waals surface area contributed by atoms with Gasteiger partial charge in [0, 0.05) is 0 Å². The van der Waals surface area contributed by atoms with Crippen molar-refractivity contribution in [2.45, 2.75) is 13.8 Å². The number of hydrogen-bond donors (Lipinski definition) is 0. The summed E-state index contributed by atoms with van der Waals surface area (Å²) in [4.78, 5) is 0.618. The van der Waals surface area contributed by atoms with Gasteiger partial charge in [0.15, 0.2) is 0 Å². The first-order chi connectivity index (χ1) is 5.22. The summed E-state index contributed by atoms with van der Waals surface area (Å²) < 4.78 is 0. The molecule has 0 N–H and O–H groups in total. The number of nitrogens with zero attached hydrogens (tertiary/aromatic N) is 1. The van der Waals surface area contributed by atoms with Gasteiger partial charge in [0.1, 0.15) is 6.07 Å². The average molecular weight is 161 g/mol. The van der Waals surface area contributed by atoms with Gasteiger partial charge in [-0.3, -0.25) is 0 Å². The molecule has 0 aromatic rings. The van der Waals surface area contributed by atoms with E-state index in [1.165, 1.54) is 11.8 Å². The Balaban J connectivity index is 4.30. The summed E-state index contributed by atoms with van der Waals surface area (Å²) in [6, 6.07) is 2.03. The number of nitriles is 1. The van der Waals surface area contributed by atoms with Gasteiger partial charge >= 0.3 is 0 Å². The Bertz CT molecular complexity index is 297. The lowest BCUT2D eigenvalue weighted by Crippen LogP contribution is -1.72. The Morgan fingerprint density at radius 3 is 2.45 bits per heavy atom. The van der Waals surface area contributed by atoms with Crippen molar-refractivity contribution in [2.75, 3.05) is 0 Å². The molecule has 0 unspecified atom stereocenters. The minimum absolute atomic E-state index is 0.618. The highest BCUT2D eigenvalue weighted by molar-refractivity contribution is 8.07. The zero-order valence-electron chi connectivity index (χ0n) is 6.43. The third-order valence-corrected chi connectivity index (χ3v) is 1.74. The third-order valence-electron chi connectivity index (χ3n) is 0.832. The van der Waals surface area contributed by atoms with Crippen molar-refractivity contribution >= 4 is 11.8 Å². The van der Waals surface area contributed by atoms with E-state index in [0.717, 1.165) is 5.57 Å². The van der Waals surface area contributed by atoms with Crippen LogP contribution in [0.1, 0.15) is 13.8 Å². The van der Waals surface area contributed by atoms with E-state index in [9.17, 15) is 0 Å². The number of hydrogen-bond acceptors (Lipinski definition) is 2. The summed E-state index contributed by atoms with van der Waals surface area (Å²) in [5.41, 5.74) is 0.962. The molecule has 54 valence electrons. The highest BCUT2D eigenvalue weighted by Crippen LogP contribution is 2.16. The summed E-state index contributed by atoms with van der Waals surface area (Å²) in [7, 11) is 0. The molecule has 0 fully saturated rings. The van der Waals surface area contributed by atoms with Gasteiger partial charge in [-0.1, -0.05) is 5.57 Å². The average Bonchev–Trinajstić information content (AvgIpc) is 1.97. The van der Waals surface area contributed by atoms with Gasteiger partial charge in [-0.15, -0.1) is 6.42 Å². The standard InChI is InChI=1S/C9H7NS/c1-4-5-6-11-9(7-10)8(2)3/h1H,2-3H3. The highest BCUT2D eigenvalue weighted by atomic mass is 32.2. The van der Waals surface area contributed by atoms with Crippen molar-refractivity contribution in [1.29, 1.82) is 5.26 Å². The molecule has 11 heavy (non-hydrogen) atoms. The minimum atomic E-state index is 0.618. The lowest BCUT2D eigenvalue weighted by atomic mass is 10.3. The minimum Gasteiger partial charge on any atom is -0.192 e. The molecular weight excluding hydrogens is 154 g/mol. The molecule has 0 aliphatic rings. The molecule has 0 aromatic carbocycles. The van der Waals surface area contributed by atoms with Crippen molar-refractivity contribution in [2.24, 2.45) is 0 Å². The first-order valence-electron chi connectivity index (χ1n) is 2.92. The normalized spacial score (nSPS) is 6.55. The number of allylic oxidation sites excluding steroid dienone is 2. The molecule has 0 aliphatic carbocycles. The maximum atomic E-state index is 8.55. The molecule has 0 heterocycles. The summed E-state index contributed by atoms with van der Waals surface area (Å²) in [5.74, 6) is 4.60. The SMILES string of the molecule is C#CC#CSC(C#N)=C(C)C. The monoisotopic (exact) mass is 161 g/mol. The highest BCUT2D eigenvalue weighted by Gasteiger charge is 1.94. The van der Waals surface area contributed by atoms with Crippen molar-refractivity contribution in [3.8, 4) is 29.6 Å². The van der Waals surface area contributed by atoms with E-state index in [1.807, 2.05) is 19.9 Å². The van der Waals surface area contributed by atoms with E-state index in [4.69, 9.17) is 11.7 Å². The van der Waals surface area contributed by atoms with Crippen LogP contribution in [-0.4, -0.2) is 0 Å². The predicted octanol–water partition coefficient (Wildman–Crippen LogP) is 2.13. The van der Waals surface area contributed by atoms with Crippen LogP contribution in [-0.2, 0) is 0 Å². The summed E-state index contributed by atoms with van der Waals surface area (Å²) in [6.07, 6.45) is 4.90. The van der Waals surface area contributed by atoms with E-state index in [0.29, 0.717) is 4.91 Å². The van der Waals surface area contributed by atoms with Crippen LogP contribution in [0.4, 0.5) is 0 Å². The van der Waals surface area contributed by atoms with Crippen LogP contribution in [0.25, 0.3) is 0 Å². The second kappa shape index (κ2) is 5.48. The number of terminal acetylenes is 1. The molecule has 1 nitrogen and oxygen atoms in total. The zero-order valence-corrected chi connectivity index (χ0v) is 7.25. The Labute approximate surface area is 71.5 Å². The van der Waals surface area contributed by atoms with Crippen LogP contribution in [0.3, 0.4) is 0 Å². The van der Waals surface area contributed by atoms with Gasteiger partial charge in [0.2, 0.25) is 0 Å². The summed E-state index contributed by atoms with van der Waals surface area (Å²) in [5, 5.41) is 11.2. The van der Waals surface area contributed by atoms with Gasteiger partial charge in [-0.05, 0) is 42.7 Å². The zero-order chi connectivity index (χ0) is 8.69. The predicted molar refractivity (Wildman–Crippen MR) is 48.2 cm³/mol. The Morgan fingerprint density at radius 2 is 2.09 bits per heavy atom. The first kappa shape index (κ1) is 9.70. The molecule has 0 aliphatic heterocycles. The van der Waals surface area contributed by atoms with E-state index in [-0.39, 0.29) is 0 Å². The van der Waals surface area contributed by atoms with Crippen molar-refractivity contribution in [1.82, 2.24) is 0 Å². The largest absolute Gasteiger partial charge is 0.192 e. The maximum Gasteiger partial charge on any atom is 0.107 e. The third kappa shape index (κ3) is 4.15. The van der Waals surface area contributed by atoms with Crippen molar-refractivity contribution in [3.63, 3.8) is 0 Å². The molecular formula is C9H7NS. The lowest BCUT2D eigenvalue weighted by molar-refractivity contribution is 1.37. The van der Waals surface area contributed by atoms with E-state index in [1.54, 1.807) is 0 Å². The topological polar surface area (TPSA) is 23.8 Å². The molecule has 0 radical (unpaired) electrons. The Morgan fingerprint density at radius 1 is 1.45 bits per heavy atom. The number of thioether (sulfide) groups is 1. The summed E-state index contributed by atoms with van der Waals surface area (Å²) in [6.45, 7) is 3.73. The van der Waals surface area contributed by atoms with Crippen molar-refractivity contribution < 1.29 is 0 Å². The molecule has 0 amide bonds. The van der Waals surface area contributed by atoms with Crippen LogP contribution in [0.15, 0.2) is 10.5 Å². The smallest absolute Gasteiger partial charge is 0.107 e. The van der Waals surface area contributed by atoms with Crippen LogP contribution in [0.5, 0.6) is 0 Å². The first-order valence-corrected chi connectivity index (χ1v) is 3.74. The van der Waals surface area contributed by atoms with Crippen molar-refractivity contribution in [3.05, 3.63) is 10.5 Å². The van der Waals surface area contributed by atoms with Gasteiger partial charge in [0.25, 0.3) is 0 Å². The molecule has 2 heteroatoms.